The normalized spacial score (nSPS) is 17.1. The predicted molar refractivity (Wildman–Crippen MR) is 130 cm³/mol. The minimum absolute atomic E-state index is 0.0156. The third-order valence-electron chi connectivity index (χ3n) is 6.37. The highest BCUT2D eigenvalue weighted by Gasteiger charge is 2.34. The highest BCUT2D eigenvalue weighted by Crippen LogP contribution is 2.40. The van der Waals surface area contributed by atoms with Gasteiger partial charge in [0.2, 0.25) is 5.91 Å². The molecule has 7 heteroatoms. The van der Waals surface area contributed by atoms with E-state index < -0.39 is 6.23 Å². The first kappa shape index (κ1) is 22.9. The van der Waals surface area contributed by atoms with E-state index in [1.54, 1.807) is 31.4 Å². The van der Waals surface area contributed by atoms with E-state index >= 15 is 0 Å². The maximum absolute atomic E-state index is 12.7. The van der Waals surface area contributed by atoms with Crippen LogP contribution in [0.3, 0.4) is 0 Å². The number of carbonyl (C=O) groups excluding carboxylic acids is 1. The number of nitrogens with zero attached hydrogens (tertiary/aromatic N) is 2. The molecule has 33 heavy (non-hydrogen) atoms. The molecule has 2 aromatic carbocycles. The molecule has 2 atom stereocenters. The fraction of sp³-hybridized carbons (Fsp3) is 0.346. The number of nitrogens with one attached hydrogen (secondary N) is 1. The second kappa shape index (κ2) is 9.68. The number of methoxy groups -OCH3 is 1. The number of hydrogen-bond acceptors (Lipinski definition) is 5. The van der Waals surface area contributed by atoms with Crippen LogP contribution in [0.1, 0.15) is 36.8 Å². The van der Waals surface area contributed by atoms with Gasteiger partial charge in [0.1, 0.15) is 12.0 Å². The van der Waals surface area contributed by atoms with E-state index in [-0.39, 0.29) is 11.8 Å². The lowest BCUT2D eigenvalue weighted by Crippen LogP contribution is -2.37. The summed E-state index contributed by atoms with van der Waals surface area (Å²) >= 11 is 0. The summed E-state index contributed by atoms with van der Waals surface area (Å²) in [7, 11) is 1.57. The first-order chi connectivity index (χ1) is 16.0. The molecule has 5 rings (SSSR count). The minimum Gasteiger partial charge on any atom is -0.497 e. The van der Waals surface area contributed by atoms with E-state index in [1.165, 1.54) is 27.7 Å². The zero-order valence-corrected chi connectivity index (χ0v) is 19.4. The van der Waals surface area contributed by atoms with Crippen molar-refractivity contribution in [3.05, 3.63) is 71.4 Å². The molecular weight excluding hydrogens is 416 g/mol. The van der Waals surface area contributed by atoms with E-state index in [9.17, 15) is 4.79 Å². The monoisotopic (exact) mass is 448 g/mol. The Morgan fingerprint density at radius 1 is 1.27 bits per heavy atom. The van der Waals surface area contributed by atoms with Crippen molar-refractivity contribution in [1.82, 2.24) is 14.8 Å². The molecular formula is C26H32N4O3. The van der Waals surface area contributed by atoms with Crippen LogP contribution in [0, 0.1) is 5.92 Å². The number of aromatic amines is 1. The van der Waals surface area contributed by atoms with Gasteiger partial charge in [0.05, 0.1) is 13.0 Å². The van der Waals surface area contributed by atoms with Gasteiger partial charge in [-0.05, 0) is 49.2 Å². The van der Waals surface area contributed by atoms with Gasteiger partial charge in [0.25, 0.3) is 0 Å². The van der Waals surface area contributed by atoms with Crippen molar-refractivity contribution in [3.63, 3.8) is 0 Å². The third-order valence-corrected chi connectivity index (χ3v) is 6.37. The maximum atomic E-state index is 12.7. The highest BCUT2D eigenvalue weighted by molar-refractivity contribution is 5.98. The second-order valence-corrected chi connectivity index (χ2v) is 8.31. The van der Waals surface area contributed by atoms with Gasteiger partial charge in [-0.25, -0.2) is 0 Å². The summed E-state index contributed by atoms with van der Waals surface area (Å²) in [6.45, 7) is 7.35. The quantitative estimate of drug-likeness (QED) is 0.520. The average molecular weight is 449 g/mol. The maximum Gasteiger partial charge on any atom is 0.231 e. The smallest absolute Gasteiger partial charge is 0.231 e. The van der Waals surface area contributed by atoms with Crippen LogP contribution in [0.4, 0.5) is 0 Å². The van der Waals surface area contributed by atoms with E-state index in [2.05, 4.69) is 40.4 Å². The number of aliphatic hydroxyl groups excluding tert-OH is 1. The van der Waals surface area contributed by atoms with E-state index in [0.717, 1.165) is 26.2 Å². The van der Waals surface area contributed by atoms with E-state index in [4.69, 9.17) is 15.6 Å². The number of hydrogen-bond donors (Lipinski definition) is 3. The standard InChI is InChI=1S/C18H21N3O.C8H11NO2/c1-3-20(4-2)18(22)12-8-16-14-6-5-7-15-17(14)13(9-19-15)11-21(16)10-12;1-11-7-4-2-3-6(5-7)8(9)10/h5-9,12,19H,3-4,10-11H2,1-2H3;2-5,8,10H,9H2,1H3. The number of nitrogens with two attached hydrogens (primary N) is 1. The minimum atomic E-state index is -0.926. The van der Waals surface area contributed by atoms with Gasteiger partial charge in [-0.15, -0.1) is 0 Å². The fourth-order valence-electron chi connectivity index (χ4n) is 4.64. The van der Waals surface area contributed by atoms with Gasteiger partial charge in [-0.3, -0.25) is 4.79 Å². The number of ether oxygens (including phenoxy) is 1. The van der Waals surface area contributed by atoms with Crippen molar-refractivity contribution in [3.8, 4) is 5.75 Å². The van der Waals surface area contributed by atoms with Crippen molar-refractivity contribution >= 4 is 22.5 Å². The van der Waals surface area contributed by atoms with Crippen LogP contribution in [0.25, 0.3) is 16.6 Å². The van der Waals surface area contributed by atoms with Crippen molar-refractivity contribution < 1.29 is 14.6 Å². The molecule has 3 aromatic rings. The first-order valence-corrected chi connectivity index (χ1v) is 11.4. The summed E-state index contributed by atoms with van der Waals surface area (Å²) in [5, 5.41) is 10.3. The molecule has 1 aromatic heterocycles. The van der Waals surface area contributed by atoms with Gasteiger partial charge in [-0.1, -0.05) is 24.3 Å². The summed E-state index contributed by atoms with van der Waals surface area (Å²) in [6, 6.07) is 13.4. The molecule has 0 aliphatic carbocycles. The molecule has 0 fully saturated rings. The van der Waals surface area contributed by atoms with Crippen LogP contribution in [0.2, 0.25) is 0 Å². The van der Waals surface area contributed by atoms with E-state index in [1.807, 2.05) is 18.7 Å². The molecule has 2 aliphatic rings. The number of fused-ring (bicyclic) bond motifs is 2. The van der Waals surface area contributed by atoms with Crippen molar-refractivity contribution in [1.29, 1.82) is 0 Å². The number of carbonyl (C=O) groups is 1. The molecule has 2 unspecified atom stereocenters. The Kier molecular flexibility index (Phi) is 6.72. The Balaban J connectivity index is 0.000000200. The van der Waals surface area contributed by atoms with Gasteiger partial charge in [-0.2, -0.15) is 0 Å². The highest BCUT2D eigenvalue weighted by atomic mass is 16.5. The molecule has 3 heterocycles. The summed E-state index contributed by atoms with van der Waals surface area (Å²) in [5.41, 5.74) is 10.9. The Hall–Kier alpha value is -3.29. The van der Waals surface area contributed by atoms with Gasteiger partial charge < -0.3 is 30.4 Å². The van der Waals surface area contributed by atoms with Gasteiger partial charge in [0, 0.05) is 54.5 Å². The Morgan fingerprint density at radius 3 is 2.73 bits per heavy atom. The average Bonchev–Trinajstić information content (AvgIpc) is 3.46. The van der Waals surface area contributed by atoms with Crippen molar-refractivity contribution in [2.45, 2.75) is 26.6 Å². The van der Waals surface area contributed by atoms with Crippen LogP contribution in [0.5, 0.6) is 5.75 Å². The topological polar surface area (TPSA) is 94.8 Å². The molecule has 0 saturated heterocycles. The SMILES string of the molecule is CCN(CC)C(=O)C1C=C2c3cccc4[nH]cc(c34)CN2C1.COc1cccc(C(N)O)c1. The van der Waals surface area contributed by atoms with Gasteiger partial charge >= 0.3 is 0 Å². The fourth-order valence-corrected chi connectivity index (χ4v) is 4.64. The summed E-state index contributed by atoms with van der Waals surface area (Å²) < 4.78 is 4.94. The number of aliphatic hydroxyl groups is 1. The second-order valence-electron chi connectivity index (χ2n) is 8.31. The van der Waals surface area contributed by atoms with Crippen LogP contribution >= 0.6 is 0 Å². The third kappa shape index (κ3) is 4.47. The molecule has 0 radical (unpaired) electrons. The molecule has 0 saturated carbocycles. The molecule has 7 nitrogen and oxygen atoms in total. The zero-order chi connectivity index (χ0) is 23.5. The first-order valence-electron chi connectivity index (χ1n) is 11.4. The molecule has 174 valence electrons. The van der Waals surface area contributed by atoms with Crippen molar-refractivity contribution in [2.24, 2.45) is 11.7 Å². The van der Waals surface area contributed by atoms with Crippen LogP contribution < -0.4 is 10.5 Å². The lowest BCUT2D eigenvalue weighted by Gasteiger charge is -2.28. The molecule has 2 aliphatic heterocycles. The summed E-state index contributed by atoms with van der Waals surface area (Å²) in [4.78, 5) is 20.3. The van der Waals surface area contributed by atoms with Crippen LogP contribution in [-0.4, -0.2) is 52.5 Å². The largest absolute Gasteiger partial charge is 0.497 e. The Bertz CT molecular complexity index is 1160. The Labute approximate surface area is 194 Å². The van der Waals surface area contributed by atoms with Crippen molar-refractivity contribution in [2.75, 3.05) is 26.7 Å². The molecule has 0 bridgehead atoms. The lowest BCUT2D eigenvalue weighted by atomic mass is 9.99. The lowest BCUT2D eigenvalue weighted by molar-refractivity contribution is -0.133. The number of amides is 1. The number of rotatable bonds is 5. The summed E-state index contributed by atoms with van der Waals surface area (Å²) in [6.07, 6.45) is 3.35. The van der Waals surface area contributed by atoms with E-state index in [0.29, 0.717) is 11.3 Å². The predicted octanol–water partition coefficient (Wildman–Crippen LogP) is 3.47. The molecule has 4 N–H and O–H groups in total. The number of benzene rings is 2. The molecule has 1 amide bonds. The molecule has 0 spiro atoms. The number of aromatic nitrogens is 1. The Morgan fingerprint density at radius 2 is 2.03 bits per heavy atom. The zero-order valence-electron chi connectivity index (χ0n) is 19.4. The van der Waals surface area contributed by atoms with Gasteiger partial charge in [0.15, 0.2) is 0 Å². The van der Waals surface area contributed by atoms with Crippen LogP contribution in [-0.2, 0) is 11.3 Å². The van der Waals surface area contributed by atoms with Crippen LogP contribution in [0.15, 0.2) is 54.7 Å². The summed E-state index contributed by atoms with van der Waals surface area (Å²) in [5.74, 6) is 0.940. The number of H-pyrrole nitrogens is 1.